The van der Waals surface area contributed by atoms with Gasteiger partial charge in [0.2, 0.25) is 0 Å². The zero-order valence-electron chi connectivity index (χ0n) is 5.32. The summed E-state index contributed by atoms with van der Waals surface area (Å²) in [6.45, 7) is 1.49. The van der Waals surface area contributed by atoms with E-state index in [2.05, 4.69) is 0 Å². The molecule has 0 aromatic carbocycles. The lowest BCUT2D eigenvalue weighted by Crippen LogP contribution is -2.29. The smallest absolute Gasteiger partial charge is 0.328 e. The number of aliphatic carboxylic acids is 1. The molecule has 1 rings (SSSR count). The Morgan fingerprint density at radius 3 is 2.80 bits per heavy atom. The van der Waals surface area contributed by atoms with Crippen molar-refractivity contribution >= 4 is 17.7 Å². The van der Waals surface area contributed by atoms with Gasteiger partial charge in [0, 0.05) is 6.08 Å². The second-order valence-corrected chi connectivity index (χ2v) is 3.15. The van der Waals surface area contributed by atoms with Gasteiger partial charge in [0.25, 0.3) is 0 Å². The average molecular weight is 160 g/mol. The number of thioether (sulfide) groups is 1. The minimum atomic E-state index is -0.896. The van der Waals surface area contributed by atoms with Gasteiger partial charge in [-0.25, -0.2) is 4.79 Å². The zero-order chi connectivity index (χ0) is 7.40. The van der Waals surface area contributed by atoms with Gasteiger partial charge in [0.15, 0.2) is 0 Å². The summed E-state index contributed by atoms with van der Waals surface area (Å²) < 4.78 is 4.89. The molecule has 3 nitrogen and oxygen atoms in total. The molecule has 1 saturated heterocycles. The molecule has 0 atom stereocenters. The van der Waals surface area contributed by atoms with Crippen molar-refractivity contribution in [2.45, 2.75) is 5.25 Å². The van der Waals surface area contributed by atoms with Crippen molar-refractivity contribution in [2.24, 2.45) is 0 Å². The maximum Gasteiger partial charge on any atom is 0.328 e. The van der Waals surface area contributed by atoms with E-state index in [9.17, 15) is 4.79 Å². The van der Waals surface area contributed by atoms with Crippen molar-refractivity contribution in [3.63, 3.8) is 0 Å². The molecule has 1 aliphatic heterocycles. The maximum absolute atomic E-state index is 9.96. The lowest BCUT2D eigenvalue weighted by molar-refractivity contribution is -0.131. The molecule has 10 heavy (non-hydrogen) atoms. The normalized spacial score (nSPS) is 19.2. The maximum atomic E-state index is 9.96. The molecular formula is C6H8O3S. The zero-order valence-corrected chi connectivity index (χ0v) is 6.13. The molecule has 0 aliphatic carbocycles. The van der Waals surface area contributed by atoms with E-state index in [0.29, 0.717) is 5.25 Å². The summed E-state index contributed by atoms with van der Waals surface area (Å²) in [6, 6.07) is 0. The Balaban J connectivity index is 2.08. The van der Waals surface area contributed by atoms with Crippen LogP contribution < -0.4 is 0 Å². The van der Waals surface area contributed by atoms with Gasteiger partial charge in [-0.1, -0.05) is 0 Å². The van der Waals surface area contributed by atoms with Gasteiger partial charge in [-0.3, -0.25) is 0 Å². The molecular weight excluding hydrogens is 152 g/mol. The van der Waals surface area contributed by atoms with Crippen molar-refractivity contribution in [3.05, 3.63) is 11.5 Å². The quantitative estimate of drug-likeness (QED) is 0.618. The Hall–Kier alpha value is -0.480. The molecule has 4 heteroatoms. The van der Waals surface area contributed by atoms with Gasteiger partial charge in [0.05, 0.1) is 18.5 Å². The minimum Gasteiger partial charge on any atom is -0.478 e. The highest BCUT2D eigenvalue weighted by molar-refractivity contribution is 8.02. The Morgan fingerprint density at radius 2 is 2.40 bits per heavy atom. The monoisotopic (exact) mass is 160 g/mol. The van der Waals surface area contributed by atoms with Crippen LogP contribution >= 0.6 is 11.8 Å². The van der Waals surface area contributed by atoms with E-state index in [0.717, 1.165) is 19.3 Å². The Labute approximate surface area is 63.1 Å². The van der Waals surface area contributed by atoms with Crippen molar-refractivity contribution in [3.8, 4) is 0 Å². The molecule has 0 unspecified atom stereocenters. The van der Waals surface area contributed by atoms with Crippen LogP contribution in [0.4, 0.5) is 0 Å². The van der Waals surface area contributed by atoms with E-state index in [4.69, 9.17) is 9.84 Å². The first-order valence-electron chi connectivity index (χ1n) is 2.91. The molecule has 1 aliphatic rings. The second-order valence-electron chi connectivity index (χ2n) is 1.94. The lowest BCUT2D eigenvalue weighted by atomic mass is 10.4. The van der Waals surface area contributed by atoms with E-state index >= 15 is 0 Å². The molecule has 0 aromatic rings. The van der Waals surface area contributed by atoms with E-state index in [1.807, 2.05) is 0 Å². The van der Waals surface area contributed by atoms with Gasteiger partial charge < -0.3 is 9.84 Å². The third-order valence-corrected chi connectivity index (χ3v) is 2.04. The Bertz CT molecular complexity index is 151. The summed E-state index contributed by atoms with van der Waals surface area (Å²) in [5, 5.41) is 10.2. The van der Waals surface area contributed by atoms with Crippen molar-refractivity contribution in [1.82, 2.24) is 0 Å². The van der Waals surface area contributed by atoms with Crippen molar-refractivity contribution in [2.75, 3.05) is 13.2 Å². The number of carboxylic acid groups (broad SMARTS) is 1. The molecule has 1 N–H and O–H groups in total. The fourth-order valence-electron chi connectivity index (χ4n) is 0.501. The summed E-state index contributed by atoms with van der Waals surface area (Å²) in [5.41, 5.74) is 0. The number of rotatable bonds is 3. The van der Waals surface area contributed by atoms with E-state index in [1.165, 1.54) is 11.8 Å². The predicted molar refractivity (Wildman–Crippen MR) is 39.0 cm³/mol. The van der Waals surface area contributed by atoms with Gasteiger partial charge in [0.1, 0.15) is 0 Å². The molecule has 0 amide bonds. The molecule has 56 valence electrons. The fourth-order valence-corrected chi connectivity index (χ4v) is 1.27. The first-order chi connectivity index (χ1) is 4.79. The lowest BCUT2D eigenvalue weighted by Gasteiger charge is -2.23. The SMILES string of the molecule is O=C(O)/C=C/SC1COC1. The Kier molecular flexibility index (Phi) is 2.77. The van der Waals surface area contributed by atoms with E-state index in [1.54, 1.807) is 5.41 Å². The number of carbonyl (C=O) groups is 1. The predicted octanol–water partition coefficient (Wildman–Crippen LogP) is 0.717. The number of ether oxygens (including phenoxy) is 1. The standard InChI is InChI=1S/C6H8O3S/c7-6(8)1-2-10-5-3-9-4-5/h1-2,5H,3-4H2,(H,7,8)/b2-1+. The first kappa shape index (κ1) is 7.63. The molecule has 1 heterocycles. The van der Waals surface area contributed by atoms with Gasteiger partial charge in [-0.05, 0) is 5.41 Å². The summed E-state index contributed by atoms with van der Waals surface area (Å²) in [7, 11) is 0. The average Bonchev–Trinajstić information content (AvgIpc) is 1.75. The highest BCUT2D eigenvalue weighted by Gasteiger charge is 2.16. The third kappa shape index (κ3) is 2.41. The highest BCUT2D eigenvalue weighted by atomic mass is 32.2. The first-order valence-corrected chi connectivity index (χ1v) is 3.86. The summed E-state index contributed by atoms with van der Waals surface area (Å²) in [6.07, 6.45) is 1.14. The van der Waals surface area contributed by atoms with Crippen LogP contribution in [-0.4, -0.2) is 29.5 Å². The van der Waals surface area contributed by atoms with Crippen LogP contribution in [0, 0.1) is 0 Å². The molecule has 0 bridgehead atoms. The Morgan fingerprint density at radius 1 is 1.70 bits per heavy atom. The van der Waals surface area contributed by atoms with Crippen LogP contribution in [0.5, 0.6) is 0 Å². The van der Waals surface area contributed by atoms with Crippen LogP contribution in [0.1, 0.15) is 0 Å². The summed E-state index contributed by atoms with van der Waals surface area (Å²) in [4.78, 5) is 9.96. The summed E-state index contributed by atoms with van der Waals surface area (Å²) in [5.74, 6) is -0.896. The number of hydrogen-bond donors (Lipinski definition) is 1. The number of carboxylic acids is 1. The van der Waals surface area contributed by atoms with Gasteiger partial charge in [-0.2, -0.15) is 0 Å². The van der Waals surface area contributed by atoms with Crippen LogP contribution in [-0.2, 0) is 9.53 Å². The topological polar surface area (TPSA) is 46.5 Å². The van der Waals surface area contributed by atoms with Crippen LogP contribution in [0.2, 0.25) is 0 Å². The fraction of sp³-hybridized carbons (Fsp3) is 0.500. The van der Waals surface area contributed by atoms with Gasteiger partial charge in [-0.15, -0.1) is 11.8 Å². The third-order valence-electron chi connectivity index (χ3n) is 1.09. The van der Waals surface area contributed by atoms with Crippen molar-refractivity contribution in [1.29, 1.82) is 0 Å². The largest absolute Gasteiger partial charge is 0.478 e. The minimum absolute atomic E-state index is 0.468. The second kappa shape index (κ2) is 3.63. The van der Waals surface area contributed by atoms with Crippen LogP contribution in [0.15, 0.2) is 11.5 Å². The van der Waals surface area contributed by atoms with Crippen molar-refractivity contribution < 1.29 is 14.6 Å². The molecule has 1 fully saturated rings. The summed E-state index contributed by atoms with van der Waals surface area (Å²) >= 11 is 1.51. The number of hydrogen-bond acceptors (Lipinski definition) is 3. The molecule has 0 aromatic heterocycles. The van der Waals surface area contributed by atoms with E-state index in [-0.39, 0.29) is 0 Å². The molecule has 0 spiro atoms. The van der Waals surface area contributed by atoms with E-state index < -0.39 is 5.97 Å². The highest BCUT2D eigenvalue weighted by Crippen LogP contribution is 2.19. The van der Waals surface area contributed by atoms with Crippen LogP contribution in [0.3, 0.4) is 0 Å². The van der Waals surface area contributed by atoms with Gasteiger partial charge >= 0.3 is 5.97 Å². The van der Waals surface area contributed by atoms with Crippen LogP contribution in [0.25, 0.3) is 0 Å². The molecule has 0 saturated carbocycles. The molecule has 0 radical (unpaired) electrons.